The SMILES string of the molecule is CC(C)CC(=O)O.[Na+].[OH-]. The molecule has 0 fully saturated rings. The zero-order valence-corrected chi connectivity index (χ0v) is 8.09. The van der Waals surface area contributed by atoms with Crippen molar-refractivity contribution in [2.45, 2.75) is 20.3 Å². The summed E-state index contributed by atoms with van der Waals surface area (Å²) in [6.07, 6.45) is 0.278. The molecule has 0 atom stereocenters. The molecule has 50 valence electrons. The maximum Gasteiger partial charge on any atom is 1.00 e. The van der Waals surface area contributed by atoms with Gasteiger partial charge < -0.3 is 10.6 Å². The van der Waals surface area contributed by atoms with E-state index < -0.39 is 5.97 Å². The van der Waals surface area contributed by atoms with E-state index in [9.17, 15) is 4.79 Å². The Morgan fingerprint density at radius 1 is 1.56 bits per heavy atom. The number of hydrogen-bond acceptors (Lipinski definition) is 2. The van der Waals surface area contributed by atoms with E-state index in [0.29, 0.717) is 0 Å². The number of hydrogen-bond donors (Lipinski definition) is 1. The predicted molar refractivity (Wildman–Crippen MR) is 29.0 cm³/mol. The second-order valence-corrected chi connectivity index (χ2v) is 1.99. The topological polar surface area (TPSA) is 67.3 Å². The smallest absolute Gasteiger partial charge is 0.870 e. The Morgan fingerprint density at radius 2 is 1.89 bits per heavy atom. The monoisotopic (exact) mass is 142 g/mol. The molecule has 0 amide bonds. The molecule has 0 aliphatic rings. The summed E-state index contributed by atoms with van der Waals surface area (Å²) in [5.41, 5.74) is 0. The molecule has 0 aliphatic carbocycles. The summed E-state index contributed by atoms with van der Waals surface area (Å²) in [5, 5.41) is 8.08. The Morgan fingerprint density at radius 3 is 1.89 bits per heavy atom. The number of aliphatic carboxylic acids is 1. The molecule has 0 aromatic heterocycles. The second-order valence-electron chi connectivity index (χ2n) is 1.99. The molecule has 0 spiro atoms. The van der Waals surface area contributed by atoms with Crippen LogP contribution in [0.4, 0.5) is 0 Å². The molecule has 0 aliphatic heterocycles. The van der Waals surface area contributed by atoms with Gasteiger partial charge in [0.1, 0.15) is 0 Å². The van der Waals surface area contributed by atoms with E-state index in [1.165, 1.54) is 0 Å². The summed E-state index contributed by atoms with van der Waals surface area (Å²) in [7, 11) is 0. The fraction of sp³-hybridized carbons (Fsp3) is 0.800. The van der Waals surface area contributed by atoms with Gasteiger partial charge in [-0.15, -0.1) is 0 Å². The Balaban J connectivity index is -0.000000180. The van der Waals surface area contributed by atoms with E-state index in [1.807, 2.05) is 13.8 Å². The standard InChI is InChI=1S/C5H10O2.Na.H2O/c1-4(2)3-5(6)7;;/h4H,3H2,1-2H3,(H,6,7);;1H2/q;+1;/p-1. The Kier molecular flexibility index (Phi) is 15.2. The van der Waals surface area contributed by atoms with Gasteiger partial charge in [-0.25, -0.2) is 0 Å². The maximum atomic E-state index is 9.81. The maximum absolute atomic E-state index is 9.81. The van der Waals surface area contributed by atoms with Crippen LogP contribution in [0.5, 0.6) is 0 Å². The van der Waals surface area contributed by atoms with Crippen LogP contribution in [0.1, 0.15) is 20.3 Å². The van der Waals surface area contributed by atoms with Crippen LogP contribution in [0.2, 0.25) is 0 Å². The van der Waals surface area contributed by atoms with Crippen molar-refractivity contribution in [3.63, 3.8) is 0 Å². The molecular formula is C5H11NaO3. The van der Waals surface area contributed by atoms with Crippen LogP contribution in [0.25, 0.3) is 0 Å². The van der Waals surface area contributed by atoms with Crippen molar-refractivity contribution in [2.75, 3.05) is 0 Å². The normalized spacial score (nSPS) is 7.44. The number of carboxylic acid groups (broad SMARTS) is 1. The first-order valence-corrected chi connectivity index (χ1v) is 2.34. The fourth-order valence-electron chi connectivity index (χ4n) is 0.349. The van der Waals surface area contributed by atoms with Crippen molar-refractivity contribution in [3.05, 3.63) is 0 Å². The van der Waals surface area contributed by atoms with Crippen molar-refractivity contribution in [3.8, 4) is 0 Å². The van der Waals surface area contributed by atoms with E-state index in [4.69, 9.17) is 5.11 Å². The summed E-state index contributed by atoms with van der Waals surface area (Å²) >= 11 is 0. The number of rotatable bonds is 2. The molecule has 2 N–H and O–H groups in total. The summed E-state index contributed by atoms with van der Waals surface area (Å²) in [6.45, 7) is 3.77. The predicted octanol–water partition coefficient (Wildman–Crippen LogP) is -2.06. The molecule has 4 heteroatoms. The molecule has 0 saturated heterocycles. The van der Waals surface area contributed by atoms with Gasteiger partial charge in [0.2, 0.25) is 0 Å². The molecule has 0 aromatic rings. The van der Waals surface area contributed by atoms with E-state index >= 15 is 0 Å². The third-order valence-electron chi connectivity index (χ3n) is 0.583. The zero-order chi connectivity index (χ0) is 5.86. The van der Waals surface area contributed by atoms with Crippen molar-refractivity contribution >= 4 is 5.97 Å². The molecule has 0 unspecified atom stereocenters. The summed E-state index contributed by atoms with van der Waals surface area (Å²) in [6, 6.07) is 0. The van der Waals surface area contributed by atoms with Gasteiger partial charge in [0.15, 0.2) is 0 Å². The Hall–Kier alpha value is 0.430. The number of carboxylic acids is 1. The minimum atomic E-state index is -0.713. The molecule has 0 saturated carbocycles. The van der Waals surface area contributed by atoms with Gasteiger partial charge in [0.25, 0.3) is 0 Å². The average molecular weight is 142 g/mol. The third kappa shape index (κ3) is 17.8. The van der Waals surface area contributed by atoms with Crippen molar-refractivity contribution < 1.29 is 44.9 Å². The third-order valence-corrected chi connectivity index (χ3v) is 0.583. The van der Waals surface area contributed by atoms with Gasteiger partial charge in [-0.05, 0) is 5.92 Å². The molecule has 3 nitrogen and oxygen atoms in total. The number of carbonyl (C=O) groups is 1. The molecule has 0 aromatic carbocycles. The first-order chi connectivity index (χ1) is 3.13. The van der Waals surface area contributed by atoms with Crippen LogP contribution in [-0.4, -0.2) is 16.6 Å². The molecule has 0 rings (SSSR count). The van der Waals surface area contributed by atoms with Crippen LogP contribution in [-0.2, 0) is 4.79 Å². The van der Waals surface area contributed by atoms with E-state index in [-0.39, 0.29) is 47.4 Å². The van der Waals surface area contributed by atoms with Gasteiger partial charge in [-0.1, -0.05) is 13.8 Å². The zero-order valence-electron chi connectivity index (χ0n) is 6.09. The van der Waals surface area contributed by atoms with Crippen molar-refractivity contribution in [1.82, 2.24) is 0 Å². The molecule has 0 bridgehead atoms. The van der Waals surface area contributed by atoms with Crippen molar-refractivity contribution in [1.29, 1.82) is 0 Å². The van der Waals surface area contributed by atoms with Crippen LogP contribution in [0, 0.1) is 5.92 Å². The molecule has 9 heavy (non-hydrogen) atoms. The van der Waals surface area contributed by atoms with Gasteiger partial charge in [-0.2, -0.15) is 0 Å². The fourth-order valence-corrected chi connectivity index (χ4v) is 0.349. The van der Waals surface area contributed by atoms with Crippen LogP contribution < -0.4 is 29.6 Å². The Labute approximate surface area is 77.0 Å². The summed E-state index contributed by atoms with van der Waals surface area (Å²) in [4.78, 5) is 9.81. The van der Waals surface area contributed by atoms with Gasteiger partial charge >= 0.3 is 35.5 Å². The minimum Gasteiger partial charge on any atom is -0.870 e. The molecule has 0 heterocycles. The van der Waals surface area contributed by atoms with Crippen LogP contribution in [0.3, 0.4) is 0 Å². The van der Waals surface area contributed by atoms with Crippen molar-refractivity contribution in [2.24, 2.45) is 5.92 Å². The Bertz CT molecular complexity index is 72.6. The quantitative estimate of drug-likeness (QED) is 0.451. The van der Waals surface area contributed by atoms with E-state index in [0.717, 1.165) is 0 Å². The van der Waals surface area contributed by atoms with Gasteiger partial charge in [0.05, 0.1) is 0 Å². The largest absolute Gasteiger partial charge is 1.00 e. The van der Waals surface area contributed by atoms with Crippen LogP contribution in [0.15, 0.2) is 0 Å². The summed E-state index contributed by atoms with van der Waals surface area (Å²) in [5.74, 6) is -0.438. The average Bonchev–Trinajstić information content (AvgIpc) is 1.27. The molecule has 0 radical (unpaired) electrons. The van der Waals surface area contributed by atoms with E-state index in [2.05, 4.69) is 0 Å². The van der Waals surface area contributed by atoms with Gasteiger partial charge in [0, 0.05) is 6.42 Å². The van der Waals surface area contributed by atoms with Crippen LogP contribution >= 0.6 is 0 Å². The first-order valence-electron chi connectivity index (χ1n) is 2.34. The van der Waals surface area contributed by atoms with E-state index in [1.54, 1.807) is 0 Å². The summed E-state index contributed by atoms with van der Waals surface area (Å²) < 4.78 is 0. The molecular weight excluding hydrogens is 131 g/mol. The van der Waals surface area contributed by atoms with Gasteiger partial charge in [-0.3, -0.25) is 4.79 Å². The first kappa shape index (κ1) is 16.2. The second kappa shape index (κ2) is 8.43. The minimum absolute atomic E-state index is 0.